The molecule has 168 valence electrons. The quantitative estimate of drug-likeness (QED) is 0.416. The van der Waals surface area contributed by atoms with Gasteiger partial charge in [-0.05, 0) is 17.5 Å². The van der Waals surface area contributed by atoms with Gasteiger partial charge in [0.2, 0.25) is 0 Å². The summed E-state index contributed by atoms with van der Waals surface area (Å²) in [6.45, 7) is 1.93. The molecule has 0 spiro atoms. The fourth-order valence-electron chi connectivity index (χ4n) is 2.36. The average molecular weight is 456 g/mol. The Bertz CT molecular complexity index is 647. The lowest BCUT2D eigenvalue weighted by molar-refractivity contribution is -0.350. The Morgan fingerprint density at radius 1 is 0.483 bits per heavy atom. The normalized spacial score (nSPS) is 15.2. The summed E-state index contributed by atoms with van der Waals surface area (Å²) in [5.41, 5.74) is -19.0. The number of benzene rings is 1. The number of hydrogen-bond donors (Lipinski definition) is 0. The second-order valence-electron chi connectivity index (χ2n) is 6.31. The van der Waals surface area contributed by atoms with Crippen molar-refractivity contribution in [2.45, 2.75) is 55.8 Å². The van der Waals surface area contributed by atoms with Gasteiger partial charge in [-0.1, -0.05) is 26.0 Å². The summed E-state index contributed by atoms with van der Waals surface area (Å²) >= 11 is 0. The molecule has 14 heteroatoms. The van der Waals surface area contributed by atoms with Crippen molar-refractivity contribution in [3.05, 3.63) is 34.9 Å². The molecule has 1 aromatic rings. The van der Waals surface area contributed by atoms with Crippen molar-refractivity contribution in [1.29, 1.82) is 0 Å². The molecule has 0 aromatic heterocycles. The van der Waals surface area contributed by atoms with Crippen LogP contribution in [-0.4, -0.2) is 24.7 Å². The second kappa shape index (κ2) is 6.89. The zero-order valence-corrected chi connectivity index (χ0v) is 14.1. The molecule has 0 amide bonds. The van der Waals surface area contributed by atoms with Crippen molar-refractivity contribution in [2.75, 3.05) is 0 Å². The van der Waals surface area contributed by atoms with Gasteiger partial charge in [-0.25, -0.2) is 8.78 Å². The fourth-order valence-corrected chi connectivity index (χ4v) is 2.36. The van der Waals surface area contributed by atoms with Gasteiger partial charge < -0.3 is 0 Å². The van der Waals surface area contributed by atoms with Crippen LogP contribution in [0.2, 0.25) is 0 Å². The van der Waals surface area contributed by atoms with E-state index in [0.717, 1.165) is 13.8 Å². The van der Waals surface area contributed by atoms with Crippen molar-refractivity contribution in [3.8, 4) is 0 Å². The molecule has 0 aliphatic rings. The summed E-state index contributed by atoms with van der Waals surface area (Å²) in [5.74, 6) is -1.29. The number of alkyl halides is 14. The Kier molecular flexibility index (Phi) is 6.01. The van der Waals surface area contributed by atoms with Gasteiger partial charge in [0, 0.05) is 11.1 Å². The van der Waals surface area contributed by atoms with Crippen molar-refractivity contribution in [1.82, 2.24) is 0 Å². The van der Waals surface area contributed by atoms with Crippen LogP contribution in [0.15, 0.2) is 18.2 Å². The molecule has 0 bridgehead atoms. The molecule has 0 aliphatic carbocycles. The summed E-state index contributed by atoms with van der Waals surface area (Å²) in [6, 6.07) is -1.47. The first kappa shape index (κ1) is 25.3. The van der Waals surface area contributed by atoms with E-state index in [1.54, 1.807) is 0 Å². The Morgan fingerprint density at radius 3 is 0.897 bits per heavy atom. The molecule has 0 saturated heterocycles. The largest absolute Gasteiger partial charge is 0.435 e. The molecule has 0 unspecified atom stereocenters. The van der Waals surface area contributed by atoms with Crippen molar-refractivity contribution < 1.29 is 61.5 Å². The molecular weight excluding hydrogens is 446 g/mol. The van der Waals surface area contributed by atoms with Gasteiger partial charge in [0.15, 0.2) is 0 Å². The monoisotopic (exact) mass is 456 g/mol. The number of halogens is 14. The van der Waals surface area contributed by atoms with E-state index in [2.05, 4.69) is 0 Å². The molecule has 0 fully saturated rings. The molecule has 1 rings (SSSR count). The van der Waals surface area contributed by atoms with Crippen LogP contribution in [0.25, 0.3) is 0 Å². The molecular formula is C15H10F14. The molecule has 0 saturated carbocycles. The molecule has 0 N–H and O–H groups in total. The predicted molar refractivity (Wildman–Crippen MR) is 70.3 cm³/mol. The van der Waals surface area contributed by atoms with Crippen molar-refractivity contribution in [3.63, 3.8) is 0 Å². The number of hydrogen-bond acceptors (Lipinski definition) is 0. The van der Waals surface area contributed by atoms with Crippen molar-refractivity contribution >= 4 is 0 Å². The van der Waals surface area contributed by atoms with Crippen LogP contribution < -0.4 is 0 Å². The highest BCUT2D eigenvalue weighted by Crippen LogP contribution is 2.57. The highest BCUT2D eigenvalue weighted by Gasteiger charge is 2.76. The first-order valence-corrected chi connectivity index (χ1v) is 7.32. The summed E-state index contributed by atoms with van der Waals surface area (Å²) in [5, 5.41) is 0. The summed E-state index contributed by atoms with van der Waals surface area (Å²) in [6.07, 6.45) is -27.3. The van der Waals surface area contributed by atoms with Crippen LogP contribution >= 0.6 is 0 Å². The Labute approximate surface area is 153 Å². The summed E-state index contributed by atoms with van der Waals surface area (Å²) < 4.78 is 183. The maximum absolute atomic E-state index is 14.2. The first-order chi connectivity index (χ1) is 12.5. The van der Waals surface area contributed by atoms with Gasteiger partial charge in [0.05, 0.1) is 0 Å². The highest BCUT2D eigenvalue weighted by atomic mass is 19.4. The lowest BCUT2D eigenvalue weighted by Crippen LogP contribution is -2.52. The fraction of sp³-hybridized carbons (Fsp3) is 0.600. The zero-order valence-electron chi connectivity index (χ0n) is 14.1. The van der Waals surface area contributed by atoms with Gasteiger partial charge >= 0.3 is 36.0 Å². The topological polar surface area (TPSA) is 0 Å². The van der Waals surface area contributed by atoms with E-state index < -0.39 is 64.7 Å². The van der Waals surface area contributed by atoms with E-state index in [4.69, 9.17) is 0 Å². The van der Waals surface area contributed by atoms with Crippen LogP contribution in [0.1, 0.15) is 36.5 Å². The minimum Gasteiger partial charge on any atom is -0.218 e. The third-order valence-corrected chi connectivity index (χ3v) is 3.98. The molecule has 0 atom stereocenters. The van der Waals surface area contributed by atoms with E-state index in [1.807, 2.05) is 0 Å². The van der Waals surface area contributed by atoms with E-state index >= 15 is 0 Å². The van der Waals surface area contributed by atoms with E-state index in [1.165, 1.54) is 0 Å². The molecule has 0 aliphatic heterocycles. The zero-order chi connectivity index (χ0) is 23.4. The van der Waals surface area contributed by atoms with E-state index in [0.29, 0.717) is 0 Å². The standard InChI is InChI=1S/C15H10F14/c1-6(2)7-3-8(10(16,12(18,19)20)13(21,22)23)5-9(4-7)11(17,14(24,25)26)15(27,28)29/h3-6H,1-2H3. The Hall–Kier alpha value is -1.76. The third kappa shape index (κ3) is 3.98. The van der Waals surface area contributed by atoms with Gasteiger partial charge in [0.25, 0.3) is 0 Å². The maximum atomic E-state index is 14.2. The molecule has 29 heavy (non-hydrogen) atoms. The minimum atomic E-state index is -6.83. The SMILES string of the molecule is CC(C)c1cc(C(F)(C(F)(F)F)C(F)(F)F)cc(C(F)(C(F)(F)F)C(F)(F)F)c1. The summed E-state index contributed by atoms with van der Waals surface area (Å²) in [4.78, 5) is 0. The van der Waals surface area contributed by atoms with E-state index in [9.17, 15) is 61.5 Å². The van der Waals surface area contributed by atoms with Crippen LogP contribution in [0.4, 0.5) is 61.5 Å². The predicted octanol–water partition coefficient (Wildman–Crippen LogP) is 7.39. The second-order valence-corrected chi connectivity index (χ2v) is 6.31. The van der Waals surface area contributed by atoms with Gasteiger partial charge in [-0.3, -0.25) is 0 Å². The molecule has 0 nitrogen and oxygen atoms in total. The molecule has 0 heterocycles. The Balaban J connectivity index is 4.10. The highest BCUT2D eigenvalue weighted by molar-refractivity contribution is 5.41. The minimum absolute atomic E-state index is 0.206. The van der Waals surface area contributed by atoms with Crippen molar-refractivity contribution in [2.24, 2.45) is 0 Å². The lowest BCUT2D eigenvalue weighted by atomic mass is 9.84. The van der Waals surface area contributed by atoms with Crippen LogP contribution in [-0.2, 0) is 11.3 Å². The smallest absolute Gasteiger partial charge is 0.218 e. The van der Waals surface area contributed by atoms with Gasteiger partial charge in [-0.2, -0.15) is 52.7 Å². The number of rotatable bonds is 3. The van der Waals surface area contributed by atoms with Gasteiger partial charge in [0.1, 0.15) is 0 Å². The first-order valence-electron chi connectivity index (χ1n) is 7.32. The molecule has 0 radical (unpaired) electrons. The van der Waals surface area contributed by atoms with Gasteiger partial charge in [-0.15, -0.1) is 0 Å². The average Bonchev–Trinajstić information content (AvgIpc) is 2.48. The summed E-state index contributed by atoms with van der Waals surface area (Å²) in [7, 11) is 0. The van der Waals surface area contributed by atoms with E-state index in [-0.39, 0.29) is 12.1 Å². The third-order valence-electron chi connectivity index (χ3n) is 3.98. The Morgan fingerprint density at radius 2 is 0.724 bits per heavy atom. The molecule has 1 aromatic carbocycles. The maximum Gasteiger partial charge on any atom is 0.435 e. The lowest BCUT2D eigenvalue weighted by Gasteiger charge is -2.34. The van der Waals surface area contributed by atoms with Crippen LogP contribution in [0.5, 0.6) is 0 Å². The van der Waals surface area contributed by atoms with Crippen LogP contribution in [0, 0.1) is 0 Å². The van der Waals surface area contributed by atoms with Crippen LogP contribution in [0.3, 0.4) is 0 Å².